The zero-order chi connectivity index (χ0) is 20.4. The summed E-state index contributed by atoms with van der Waals surface area (Å²) in [4.78, 5) is 0. The van der Waals surface area contributed by atoms with E-state index in [-0.39, 0.29) is 6.10 Å². The molecule has 0 saturated heterocycles. The van der Waals surface area contributed by atoms with Crippen LogP contribution < -0.4 is 0 Å². The topological polar surface area (TPSA) is 83.8 Å². The molecule has 0 amide bonds. The van der Waals surface area contributed by atoms with Crippen LogP contribution in [0.4, 0.5) is 0 Å². The van der Waals surface area contributed by atoms with Crippen LogP contribution in [0.15, 0.2) is 0 Å². The summed E-state index contributed by atoms with van der Waals surface area (Å²) >= 11 is 0. The van der Waals surface area contributed by atoms with Gasteiger partial charge in [-0.15, -0.1) is 0 Å². The maximum atomic E-state index is 10.8. The lowest BCUT2D eigenvalue weighted by Crippen LogP contribution is -2.30. The molecule has 0 aliphatic rings. The normalized spacial score (nSPS) is 14.4. The van der Waals surface area contributed by atoms with Gasteiger partial charge >= 0.3 is 0 Å². The molecule has 0 saturated carbocycles. The molecule has 0 aromatic heterocycles. The van der Waals surface area contributed by atoms with Crippen LogP contribution in [-0.2, 0) is 14.9 Å². The van der Waals surface area contributed by atoms with Gasteiger partial charge in [0.05, 0.1) is 18.8 Å². The maximum absolute atomic E-state index is 10.8. The summed E-state index contributed by atoms with van der Waals surface area (Å²) in [6.07, 6.45) is 18.4. The molecule has 0 bridgehead atoms. The predicted octanol–water partition coefficient (Wildman–Crippen LogP) is 5.51. The fraction of sp³-hybridized carbons (Fsp3) is 1.00. The van der Waals surface area contributed by atoms with Gasteiger partial charge in [0.2, 0.25) is 0 Å². The molecule has 27 heavy (non-hydrogen) atoms. The summed E-state index contributed by atoms with van der Waals surface area (Å²) < 4.78 is 36.0. The number of hydrogen-bond acceptors (Lipinski definition) is 4. The Morgan fingerprint density at radius 3 is 1.56 bits per heavy atom. The van der Waals surface area contributed by atoms with Crippen molar-refractivity contribution in [1.29, 1.82) is 0 Å². The third-order valence-corrected chi connectivity index (χ3v) is 5.78. The molecule has 0 aromatic rings. The highest BCUT2D eigenvalue weighted by Crippen LogP contribution is 2.15. The lowest BCUT2D eigenvalue weighted by Gasteiger charge is -2.19. The zero-order valence-electron chi connectivity index (χ0n) is 17.7. The second kappa shape index (κ2) is 17.9. The van der Waals surface area contributed by atoms with E-state index >= 15 is 0 Å². The summed E-state index contributed by atoms with van der Waals surface area (Å²) in [6, 6.07) is 0. The van der Waals surface area contributed by atoms with E-state index in [1.807, 2.05) is 6.92 Å². The second-order valence-corrected chi connectivity index (χ2v) is 9.38. The van der Waals surface area contributed by atoms with Gasteiger partial charge in [0.25, 0.3) is 10.1 Å². The third-order valence-electron chi connectivity index (χ3n) is 4.99. The average Bonchev–Trinajstić information content (AvgIpc) is 2.60. The largest absolute Gasteiger partial charge is 0.394 e. The maximum Gasteiger partial charge on any atom is 0.267 e. The van der Waals surface area contributed by atoms with Crippen molar-refractivity contribution in [2.75, 3.05) is 12.4 Å². The number of hydrogen-bond donors (Lipinski definition) is 2. The molecule has 2 atom stereocenters. The standard InChI is InChI=1S/C21H44O5S/c1-3-4-5-6-7-8-9-10-11-12-13-14-15-16-17-20(2)26-21(18-22)19-27(23,24)25/h20-22H,3-19H2,1-2H3,(H,23,24,25). The first-order valence-corrected chi connectivity index (χ1v) is 12.7. The lowest BCUT2D eigenvalue weighted by molar-refractivity contribution is -0.0234. The van der Waals surface area contributed by atoms with Crippen molar-refractivity contribution < 1.29 is 22.8 Å². The minimum atomic E-state index is -4.12. The highest BCUT2D eigenvalue weighted by atomic mass is 32.2. The van der Waals surface area contributed by atoms with Crippen LogP contribution >= 0.6 is 0 Å². The molecule has 0 aliphatic carbocycles. The molecule has 164 valence electrons. The first-order chi connectivity index (χ1) is 12.9. The van der Waals surface area contributed by atoms with E-state index in [9.17, 15) is 8.42 Å². The molecule has 0 rings (SSSR count). The van der Waals surface area contributed by atoms with E-state index in [0.717, 1.165) is 19.3 Å². The summed E-state index contributed by atoms with van der Waals surface area (Å²) in [6.45, 7) is 3.74. The van der Waals surface area contributed by atoms with Crippen molar-refractivity contribution in [1.82, 2.24) is 0 Å². The molecule has 0 radical (unpaired) electrons. The Morgan fingerprint density at radius 1 is 0.778 bits per heavy atom. The van der Waals surface area contributed by atoms with E-state index in [2.05, 4.69) is 6.92 Å². The van der Waals surface area contributed by atoms with Gasteiger partial charge in [-0.25, -0.2) is 0 Å². The first-order valence-electron chi connectivity index (χ1n) is 11.1. The van der Waals surface area contributed by atoms with Crippen molar-refractivity contribution in [3.05, 3.63) is 0 Å². The summed E-state index contributed by atoms with van der Waals surface area (Å²) in [5.74, 6) is -0.549. The second-order valence-electron chi connectivity index (χ2n) is 7.88. The van der Waals surface area contributed by atoms with E-state index in [1.165, 1.54) is 77.0 Å². The zero-order valence-corrected chi connectivity index (χ0v) is 18.5. The first kappa shape index (κ1) is 26.8. The van der Waals surface area contributed by atoms with Gasteiger partial charge in [0.15, 0.2) is 0 Å². The van der Waals surface area contributed by atoms with Crippen LogP contribution in [0.1, 0.15) is 110 Å². The molecule has 2 unspecified atom stereocenters. The van der Waals surface area contributed by atoms with Crippen LogP contribution in [0.25, 0.3) is 0 Å². The van der Waals surface area contributed by atoms with Gasteiger partial charge in [-0.2, -0.15) is 8.42 Å². The third kappa shape index (κ3) is 20.4. The molecule has 5 nitrogen and oxygen atoms in total. The van der Waals surface area contributed by atoms with Crippen molar-refractivity contribution in [3.8, 4) is 0 Å². The SMILES string of the molecule is CCCCCCCCCCCCCCCCC(C)OC(CO)CS(=O)(=O)O. The Morgan fingerprint density at radius 2 is 1.19 bits per heavy atom. The smallest absolute Gasteiger partial charge is 0.267 e. The van der Waals surface area contributed by atoms with E-state index in [0.29, 0.717) is 0 Å². The Balaban J connectivity index is 3.41. The van der Waals surface area contributed by atoms with E-state index < -0.39 is 28.6 Å². The van der Waals surface area contributed by atoms with Crippen LogP contribution in [0.2, 0.25) is 0 Å². The molecule has 0 aromatic carbocycles. The van der Waals surface area contributed by atoms with Crippen molar-refractivity contribution >= 4 is 10.1 Å². The highest BCUT2D eigenvalue weighted by molar-refractivity contribution is 7.85. The molecule has 2 N–H and O–H groups in total. The van der Waals surface area contributed by atoms with Crippen molar-refractivity contribution in [3.63, 3.8) is 0 Å². The van der Waals surface area contributed by atoms with Gasteiger partial charge < -0.3 is 9.84 Å². The quantitative estimate of drug-likeness (QED) is 0.205. The Kier molecular flexibility index (Phi) is 17.8. The van der Waals surface area contributed by atoms with Crippen LogP contribution in [0, 0.1) is 0 Å². The van der Waals surface area contributed by atoms with Gasteiger partial charge in [-0.05, 0) is 13.3 Å². The number of rotatable bonds is 20. The predicted molar refractivity (Wildman–Crippen MR) is 113 cm³/mol. The van der Waals surface area contributed by atoms with Crippen LogP contribution in [-0.4, -0.2) is 42.6 Å². The van der Waals surface area contributed by atoms with Gasteiger partial charge in [0.1, 0.15) is 5.75 Å². The average molecular weight is 409 g/mol. The fourth-order valence-corrected chi connectivity index (χ4v) is 4.05. The molecule has 6 heteroatoms. The highest BCUT2D eigenvalue weighted by Gasteiger charge is 2.19. The molecule has 0 aliphatic heterocycles. The Bertz CT molecular complexity index is 411. The summed E-state index contributed by atoms with van der Waals surface area (Å²) in [5, 5.41) is 9.13. The lowest BCUT2D eigenvalue weighted by atomic mass is 10.0. The van der Waals surface area contributed by atoms with Gasteiger partial charge in [-0.3, -0.25) is 4.55 Å². The van der Waals surface area contributed by atoms with Gasteiger partial charge in [-0.1, -0.05) is 96.8 Å². The fourth-order valence-electron chi connectivity index (χ4n) is 3.39. The minimum Gasteiger partial charge on any atom is -0.394 e. The monoisotopic (exact) mass is 408 g/mol. The summed E-state index contributed by atoms with van der Waals surface area (Å²) in [7, 11) is -4.12. The van der Waals surface area contributed by atoms with Gasteiger partial charge in [0, 0.05) is 0 Å². The minimum absolute atomic E-state index is 0.110. The molecular formula is C21H44O5S. The molecule has 0 heterocycles. The molecular weight excluding hydrogens is 364 g/mol. The van der Waals surface area contributed by atoms with Crippen LogP contribution in [0.3, 0.4) is 0 Å². The molecule has 0 fully saturated rings. The van der Waals surface area contributed by atoms with Crippen LogP contribution in [0.5, 0.6) is 0 Å². The Labute approximate surface area is 168 Å². The Hall–Kier alpha value is -0.170. The summed E-state index contributed by atoms with van der Waals surface area (Å²) in [5.41, 5.74) is 0. The number of unbranched alkanes of at least 4 members (excludes halogenated alkanes) is 13. The number of aliphatic hydroxyl groups is 1. The number of aliphatic hydroxyl groups excluding tert-OH is 1. The van der Waals surface area contributed by atoms with E-state index in [1.54, 1.807) is 0 Å². The van der Waals surface area contributed by atoms with Crippen molar-refractivity contribution in [2.24, 2.45) is 0 Å². The van der Waals surface area contributed by atoms with E-state index in [4.69, 9.17) is 14.4 Å². The molecule has 0 spiro atoms. The number of ether oxygens (including phenoxy) is 1. The van der Waals surface area contributed by atoms with Crippen molar-refractivity contribution in [2.45, 2.75) is 122 Å².